The summed E-state index contributed by atoms with van der Waals surface area (Å²) in [7, 11) is 3.13. The van der Waals surface area contributed by atoms with E-state index in [0.717, 1.165) is 0 Å². The molecule has 1 heterocycles. The molecular weight excluding hydrogens is 455 g/mol. The van der Waals surface area contributed by atoms with Crippen LogP contribution in [0.3, 0.4) is 0 Å². The Morgan fingerprint density at radius 2 is 1.88 bits per heavy atom. The van der Waals surface area contributed by atoms with E-state index in [4.69, 9.17) is 17.0 Å². The average Bonchev–Trinajstić information content (AvgIpc) is 2.75. The molecule has 178 valence electrons. The third-order valence-electron chi connectivity index (χ3n) is 5.46. The first-order valence-corrected chi connectivity index (χ1v) is 10.8. The average molecular weight is 482 g/mol. The van der Waals surface area contributed by atoms with Gasteiger partial charge in [-0.05, 0) is 43.5 Å². The van der Waals surface area contributed by atoms with E-state index >= 15 is 0 Å². The number of nitrogens with zero attached hydrogens (tertiary/aromatic N) is 2. The molecule has 0 saturated heterocycles. The van der Waals surface area contributed by atoms with Crippen molar-refractivity contribution in [3.63, 3.8) is 0 Å². The van der Waals surface area contributed by atoms with E-state index < -0.39 is 29.1 Å². The SMILES string of the molecule is CCCC/C(=C(\C(=N)C=O)C(c1ccc(Cl)cc1)N(C)c1cc(C)c(=O)n(C)c1)C(F)(F)F. The molecule has 2 aromatic rings. The van der Waals surface area contributed by atoms with Gasteiger partial charge in [-0.15, -0.1) is 0 Å². The van der Waals surface area contributed by atoms with Crippen molar-refractivity contribution >= 4 is 29.3 Å². The first-order chi connectivity index (χ1) is 15.4. The lowest BCUT2D eigenvalue weighted by atomic mass is 9.87. The van der Waals surface area contributed by atoms with Crippen LogP contribution < -0.4 is 10.5 Å². The van der Waals surface area contributed by atoms with Crippen LogP contribution in [0.2, 0.25) is 5.02 Å². The number of halogens is 4. The molecule has 1 atom stereocenters. The van der Waals surface area contributed by atoms with Crippen LogP contribution in [0.1, 0.15) is 43.4 Å². The number of nitrogens with one attached hydrogen (secondary N) is 1. The zero-order valence-corrected chi connectivity index (χ0v) is 19.7. The van der Waals surface area contributed by atoms with Gasteiger partial charge < -0.3 is 9.47 Å². The van der Waals surface area contributed by atoms with E-state index in [2.05, 4.69) is 0 Å². The third kappa shape index (κ3) is 6.13. The number of aromatic nitrogens is 1. The number of carbonyl (C=O) groups excluding carboxylic acids is 1. The molecule has 0 aliphatic rings. The van der Waals surface area contributed by atoms with Gasteiger partial charge in [-0.1, -0.05) is 37.1 Å². The number of unbranched alkanes of at least 4 members (excludes halogenated alkanes) is 1. The first kappa shape index (κ1) is 26.4. The van der Waals surface area contributed by atoms with Gasteiger partial charge in [0, 0.05) is 42.0 Å². The Morgan fingerprint density at radius 3 is 2.36 bits per heavy atom. The smallest absolute Gasteiger partial charge is 0.362 e. The standard InChI is InChI=1S/C24H27ClF3N3O2/c1-5-6-7-19(24(26,27)28)21(20(29)14-32)22(16-8-10-17(25)11-9-16)31(4)18-12-15(2)23(33)30(3)13-18/h8-14,22,29H,5-7H2,1-4H3/b21-19-,29-20?. The summed E-state index contributed by atoms with van der Waals surface area (Å²) in [6.07, 6.45) is -2.64. The molecule has 0 aliphatic carbocycles. The molecule has 2 rings (SSSR count). The van der Waals surface area contributed by atoms with Crippen molar-refractivity contribution in [1.82, 2.24) is 4.57 Å². The van der Waals surface area contributed by atoms with Gasteiger partial charge in [-0.2, -0.15) is 13.2 Å². The van der Waals surface area contributed by atoms with E-state index in [1.165, 1.54) is 10.8 Å². The van der Waals surface area contributed by atoms with Crippen LogP contribution in [0, 0.1) is 12.3 Å². The maximum Gasteiger partial charge on any atom is 0.413 e. The summed E-state index contributed by atoms with van der Waals surface area (Å²) in [6, 6.07) is 6.70. The van der Waals surface area contributed by atoms with Crippen LogP contribution in [-0.4, -0.2) is 29.8 Å². The second-order valence-electron chi connectivity index (χ2n) is 7.89. The minimum Gasteiger partial charge on any atom is -0.362 e. The van der Waals surface area contributed by atoms with E-state index in [-0.39, 0.29) is 24.7 Å². The van der Waals surface area contributed by atoms with Crippen LogP contribution in [0.5, 0.6) is 0 Å². The molecule has 9 heteroatoms. The summed E-state index contributed by atoms with van der Waals surface area (Å²) in [6.45, 7) is 3.39. The lowest BCUT2D eigenvalue weighted by Crippen LogP contribution is -2.33. The largest absolute Gasteiger partial charge is 0.413 e. The first-order valence-electron chi connectivity index (χ1n) is 10.4. The van der Waals surface area contributed by atoms with Crippen LogP contribution in [0.4, 0.5) is 18.9 Å². The zero-order valence-electron chi connectivity index (χ0n) is 19.0. The third-order valence-corrected chi connectivity index (χ3v) is 5.71. The molecule has 5 nitrogen and oxygen atoms in total. The highest BCUT2D eigenvalue weighted by Crippen LogP contribution is 2.41. The normalized spacial score (nSPS) is 13.3. The molecule has 0 saturated carbocycles. The molecular formula is C24H27ClF3N3O2. The Kier molecular flexibility index (Phi) is 8.66. The van der Waals surface area contributed by atoms with Gasteiger partial charge in [-0.3, -0.25) is 15.0 Å². The summed E-state index contributed by atoms with van der Waals surface area (Å²) in [5.74, 6) is 0. The Morgan fingerprint density at radius 1 is 1.27 bits per heavy atom. The van der Waals surface area contributed by atoms with Crippen molar-refractivity contribution < 1.29 is 18.0 Å². The van der Waals surface area contributed by atoms with Crippen molar-refractivity contribution in [2.45, 2.75) is 45.3 Å². The van der Waals surface area contributed by atoms with Gasteiger partial charge in [0.1, 0.15) is 0 Å². The number of allylic oxidation sites excluding steroid dienone is 1. The molecule has 1 aromatic heterocycles. The fourth-order valence-electron chi connectivity index (χ4n) is 3.75. The minimum atomic E-state index is -4.73. The quantitative estimate of drug-likeness (QED) is 0.364. The molecule has 33 heavy (non-hydrogen) atoms. The second-order valence-corrected chi connectivity index (χ2v) is 8.32. The molecule has 0 aliphatic heterocycles. The fourth-order valence-corrected chi connectivity index (χ4v) is 3.87. The minimum absolute atomic E-state index is 0.135. The Labute approximate surface area is 196 Å². The van der Waals surface area contributed by atoms with Gasteiger partial charge >= 0.3 is 6.18 Å². The summed E-state index contributed by atoms with van der Waals surface area (Å²) < 4.78 is 44.0. The predicted octanol–water partition coefficient (Wildman–Crippen LogP) is 5.79. The lowest BCUT2D eigenvalue weighted by Gasteiger charge is -2.34. The van der Waals surface area contributed by atoms with Gasteiger partial charge in [0.2, 0.25) is 0 Å². The highest BCUT2D eigenvalue weighted by molar-refractivity contribution is 6.35. The van der Waals surface area contributed by atoms with E-state index in [1.807, 2.05) is 0 Å². The molecule has 0 fully saturated rings. The highest BCUT2D eigenvalue weighted by Gasteiger charge is 2.40. The summed E-state index contributed by atoms with van der Waals surface area (Å²) >= 11 is 6.00. The molecule has 1 N–H and O–H groups in total. The van der Waals surface area contributed by atoms with E-state index in [0.29, 0.717) is 28.3 Å². The highest BCUT2D eigenvalue weighted by atomic mass is 35.5. The number of likely N-dealkylation sites (N-methyl/N-ethyl adjacent to an activating group) is 1. The van der Waals surface area contributed by atoms with Crippen molar-refractivity contribution in [3.8, 4) is 0 Å². The monoisotopic (exact) mass is 481 g/mol. The zero-order chi connectivity index (χ0) is 24.9. The van der Waals surface area contributed by atoms with Crippen molar-refractivity contribution in [3.05, 3.63) is 74.2 Å². The topological polar surface area (TPSA) is 66.2 Å². The maximum absolute atomic E-state index is 14.2. The molecule has 0 spiro atoms. The van der Waals surface area contributed by atoms with Crippen LogP contribution in [-0.2, 0) is 11.8 Å². The number of alkyl halides is 3. The number of anilines is 1. The Hall–Kier alpha value is -2.87. The van der Waals surface area contributed by atoms with E-state index in [9.17, 15) is 22.8 Å². The van der Waals surface area contributed by atoms with E-state index in [1.54, 1.807) is 63.2 Å². The van der Waals surface area contributed by atoms with Gasteiger partial charge in [0.25, 0.3) is 5.56 Å². The number of benzene rings is 1. The van der Waals surface area contributed by atoms with Crippen LogP contribution in [0.15, 0.2) is 52.5 Å². The molecule has 0 amide bonds. The van der Waals surface area contributed by atoms with Gasteiger partial charge in [0.05, 0.1) is 17.4 Å². The van der Waals surface area contributed by atoms with Gasteiger partial charge in [-0.25, -0.2) is 0 Å². The number of carbonyl (C=O) groups is 1. The van der Waals surface area contributed by atoms with Crippen molar-refractivity contribution in [2.75, 3.05) is 11.9 Å². The van der Waals surface area contributed by atoms with Gasteiger partial charge in [0.15, 0.2) is 6.29 Å². The summed E-state index contributed by atoms with van der Waals surface area (Å²) in [5.41, 5.74) is -1.000. The van der Waals surface area contributed by atoms with Crippen LogP contribution in [0.25, 0.3) is 0 Å². The second kappa shape index (κ2) is 10.8. The van der Waals surface area contributed by atoms with Crippen LogP contribution >= 0.6 is 11.6 Å². The number of rotatable bonds is 9. The molecule has 1 aromatic carbocycles. The Bertz CT molecular complexity index is 1080. The summed E-state index contributed by atoms with van der Waals surface area (Å²) in [4.78, 5) is 25.3. The molecule has 0 bridgehead atoms. The maximum atomic E-state index is 14.2. The number of aryl methyl sites for hydroxylation is 2. The van der Waals surface area contributed by atoms with Crippen molar-refractivity contribution in [2.24, 2.45) is 7.05 Å². The summed E-state index contributed by atoms with van der Waals surface area (Å²) in [5, 5.41) is 8.60. The number of aldehydes is 1. The van der Waals surface area contributed by atoms with Crippen molar-refractivity contribution in [1.29, 1.82) is 5.41 Å². The number of hydrogen-bond donors (Lipinski definition) is 1. The predicted molar refractivity (Wildman–Crippen MR) is 125 cm³/mol. The molecule has 0 radical (unpaired) electrons. The lowest BCUT2D eigenvalue weighted by molar-refractivity contribution is -0.102. The number of pyridine rings is 1. The fraction of sp³-hybridized carbons (Fsp3) is 0.375. The number of hydrogen-bond acceptors (Lipinski definition) is 4. The molecule has 1 unspecified atom stereocenters. The Balaban J connectivity index is 2.89.